The van der Waals surface area contributed by atoms with Crippen LogP contribution in [-0.4, -0.2) is 49.8 Å². The van der Waals surface area contributed by atoms with Gasteiger partial charge in [-0.25, -0.2) is 4.39 Å². The molecule has 0 bridgehead atoms. The molecule has 0 amide bonds. The SMILES string of the molecule is CN=C(NC1CCN(CC(F)(F)F)C1)NC(C)c1ccc(C)c(F)c1.I. The summed E-state index contributed by atoms with van der Waals surface area (Å²) in [5.74, 6) is 0.222. The summed E-state index contributed by atoms with van der Waals surface area (Å²) in [7, 11) is 1.60. The topological polar surface area (TPSA) is 39.7 Å². The maximum Gasteiger partial charge on any atom is 0.401 e. The third kappa shape index (κ3) is 6.90. The minimum atomic E-state index is -4.18. The Morgan fingerprint density at radius 2 is 2.08 bits per heavy atom. The van der Waals surface area contributed by atoms with E-state index >= 15 is 0 Å². The first-order chi connectivity index (χ1) is 11.7. The van der Waals surface area contributed by atoms with Gasteiger partial charge in [-0.2, -0.15) is 13.2 Å². The molecule has 0 spiro atoms. The van der Waals surface area contributed by atoms with Crippen LogP contribution >= 0.6 is 24.0 Å². The van der Waals surface area contributed by atoms with Gasteiger partial charge in [0.2, 0.25) is 0 Å². The number of guanidine groups is 1. The quantitative estimate of drug-likeness (QED) is 0.295. The van der Waals surface area contributed by atoms with Crippen LogP contribution in [0.2, 0.25) is 0 Å². The lowest BCUT2D eigenvalue weighted by Gasteiger charge is -2.22. The fourth-order valence-electron chi connectivity index (χ4n) is 2.88. The van der Waals surface area contributed by atoms with Gasteiger partial charge in [0, 0.05) is 26.2 Å². The third-order valence-corrected chi connectivity index (χ3v) is 4.29. The molecule has 1 heterocycles. The molecule has 2 atom stereocenters. The third-order valence-electron chi connectivity index (χ3n) is 4.29. The predicted molar refractivity (Wildman–Crippen MR) is 105 cm³/mol. The summed E-state index contributed by atoms with van der Waals surface area (Å²) < 4.78 is 51.1. The lowest BCUT2D eigenvalue weighted by atomic mass is 10.1. The van der Waals surface area contributed by atoms with Crippen LogP contribution in [0.1, 0.15) is 30.5 Å². The van der Waals surface area contributed by atoms with E-state index in [1.165, 1.54) is 11.0 Å². The van der Waals surface area contributed by atoms with Gasteiger partial charge in [0.15, 0.2) is 5.96 Å². The Morgan fingerprint density at radius 1 is 1.38 bits per heavy atom. The molecule has 0 saturated carbocycles. The maximum atomic E-state index is 13.7. The first kappa shape index (κ1) is 22.9. The minimum absolute atomic E-state index is 0. The molecule has 0 aromatic heterocycles. The molecule has 1 aliphatic heterocycles. The number of alkyl halides is 3. The van der Waals surface area contributed by atoms with E-state index in [0.717, 1.165) is 5.56 Å². The average Bonchev–Trinajstić information content (AvgIpc) is 2.94. The highest BCUT2D eigenvalue weighted by Crippen LogP contribution is 2.20. The minimum Gasteiger partial charge on any atom is -0.352 e. The molecular weight excluding hydrogens is 463 g/mol. The number of likely N-dealkylation sites (tertiary alicyclic amines) is 1. The highest BCUT2D eigenvalue weighted by atomic mass is 127. The number of halogens is 5. The van der Waals surface area contributed by atoms with E-state index in [1.54, 1.807) is 20.0 Å². The number of rotatable bonds is 4. The molecule has 1 fully saturated rings. The van der Waals surface area contributed by atoms with Crippen molar-refractivity contribution in [1.29, 1.82) is 0 Å². The van der Waals surface area contributed by atoms with Gasteiger partial charge < -0.3 is 10.6 Å². The Morgan fingerprint density at radius 3 is 2.65 bits per heavy atom. The second-order valence-corrected chi connectivity index (χ2v) is 6.43. The number of hydrogen-bond acceptors (Lipinski definition) is 2. The second-order valence-electron chi connectivity index (χ2n) is 6.43. The Labute approximate surface area is 168 Å². The van der Waals surface area contributed by atoms with Gasteiger partial charge in [-0.15, -0.1) is 24.0 Å². The second kappa shape index (κ2) is 9.72. The number of nitrogens with zero attached hydrogens (tertiary/aromatic N) is 2. The van der Waals surface area contributed by atoms with Crippen LogP contribution in [0.25, 0.3) is 0 Å². The molecule has 26 heavy (non-hydrogen) atoms. The normalized spacial score (nSPS) is 19.8. The summed E-state index contributed by atoms with van der Waals surface area (Å²) in [5, 5.41) is 6.30. The fraction of sp³-hybridized carbons (Fsp3) is 0.588. The number of aliphatic imine (C=N–C) groups is 1. The van der Waals surface area contributed by atoms with Gasteiger partial charge in [-0.1, -0.05) is 12.1 Å². The van der Waals surface area contributed by atoms with Crippen molar-refractivity contribution < 1.29 is 17.6 Å². The van der Waals surface area contributed by atoms with Crippen molar-refractivity contribution in [2.75, 3.05) is 26.7 Å². The van der Waals surface area contributed by atoms with Crippen molar-refractivity contribution >= 4 is 29.9 Å². The molecule has 2 unspecified atom stereocenters. The summed E-state index contributed by atoms with van der Waals surface area (Å²) in [4.78, 5) is 5.50. The molecule has 9 heteroatoms. The Kier molecular flexibility index (Phi) is 8.58. The van der Waals surface area contributed by atoms with E-state index in [4.69, 9.17) is 0 Å². The van der Waals surface area contributed by atoms with Gasteiger partial charge in [0.1, 0.15) is 5.82 Å². The summed E-state index contributed by atoms with van der Waals surface area (Å²) in [6.07, 6.45) is -3.57. The number of benzene rings is 1. The first-order valence-corrected chi connectivity index (χ1v) is 8.23. The van der Waals surface area contributed by atoms with Crippen molar-refractivity contribution in [2.24, 2.45) is 4.99 Å². The van der Waals surface area contributed by atoms with E-state index in [9.17, 15) is 17.6 Å². The maximum absolute atomic E-state index is 13.7. The van der Waals surface area contributed by atoms with Gasteiger partial charge in [-0.05, 0) is 37.5 Å². The van der Waals surface area contributed by atoms with Crippen molar-refractivity contribution in [1.82, 2.24) is 15.5 Å². The summed E-state index contributed by atoms with van der Waals surface area (Å²) in [5.41, 5.74) is 1.35. The molecule has 0 radical (unpaired) electrons. The zero-order valence-corrected chi connectivity index (χ0v) is 17.4. The van der Waals surface area contributed by atoms with Crippen molar-refractivity contribution in [3.05, 3.63) is 35.1 Å². The molecule has 1 aliphatic rings. The van der Waals surface area contributed by atoms with Crippen LogP contribution in [0.3, 0.4) is 0 Å². The molecular formula is C17H25F4IN4. The van der Waals surface area contributed by atoms with Crippen molar-refractivity contribution in [3.63, 3.8) is 0 Å². The summed E-state index contributed by atoms with van der Waals surface area (Å²) >= 11 is 0. The smallest absolute Gasteiger partial charge is 0.352 e. The molecule has 0 aliphatic carbocycles. The van der Waals surface area contributed by atoms with Crippen LogP contribution in [0, 0.1) is 12.7 Å². The number of nitrogens with one attached hydrogen (secondary N) is 2. The van der Waals surface area contributed by atoms with Gasteiger partial charge >= 0.3 is 6.18 Å². The molecule has 1 saturated heterocycles. The van der Waals surface area contributed by atoms with E-state index in [0.29, 0.717) is 31.0 Å². The lowest BCUT2D eigenvalue weighted by molar-refractivity contribution is -0.143. The van der Waals surface area contributed by atoms with E-state index in [-0.39, 0.29) is 41.9 Å². The van der Waals surface area contributed by atoms with Crippen LogP contribution < -0.4 is 10.6 Å². The van der Waals surface area contributed by atoms with Gasteiger partial charge in [-0.3, -0.25) is 9.89 Å². The van der Waals surface area contributed by atoms with Crippen LogP contribution in [0.15, 0.2) is 23.2 Å². The Hall–Kier alpha value is -1.10. The average molecular weight is 488 g/mol. The van der Waals surface area contributed by atoms with Crippen LogP contribution in [-0.2, 0) is 0 Å². The van der Waals surface area contributed by atoms with Gasteiger partial charge in [0.05, 0.1) is 12.6 Å². The fourth-order valence-corrected chi connectivity index (χ4v) is 2.88. The van der Waals surface area contributed by atoms with Crippen LogP contribution in [0.5, 0.6) is 0 Å². The largest absolute Gasteiger partial charge is 0.401 e. The standard InChI is InChI=1S/C17H24F4N4.HI/c1-11-4-5-13(8-15(11)18)12(2)23-16(22-3)24-14-6-7-25(9-14)10-17(19,20)21;/h4-5,8,12,14H,6-7,9-10H2,1-3H3,(H2,22,23,24);1H. The van der Waals surface area contributed by atoms with Crippen molar-refractivity contribution in [2.45, 2.75) is 38.5 Å². The number of hydrogen-bond donors (Lipinski definition) is 2. The van der Waals surface area contributed by atoms with Gasteiger partial charge in [0.25, 0.3) is 0 Å². The predicted octanol–water partition coefficient (Wildman–Crippen LogP) is 3.61. The van der Waals surface area contributed by atoms with E-state index < -0.39 is 12.7 Å². The lowest BCUT2D eigenvalue weighted by Crippen LogP contribution is -2.45. The van der Waals surface area contributed by atoms with E-state index in [2.05, 4.69) is 15.6 Å². The molecule has 148 valence electrons. The highest BCUT2D eigenvalue weighted by molar-refractivity contribution is 14.0. The molecule has 2 rings (SSSR count). The Balaban J connectivity index is 0.00000338. The van der Waals surface area contributed by atoms with E-state index in [1.807, 2.05) is 13.0 Å². The zero-order valence-electron chi connectivity index (χ0n) is 15.0. The summed E-state index contributed by atoms with van der Waals surface area (Å²) in [6.45, 7) is 3.39. The monoisotopic (exact) mass is 488 g/mol. The first-order valence-electron chi connectivity index (χ1n) is 8.23. The zero-order chi connectivity index (χ0) is 18.6. The summed E-state index contributed by atoms with van der Waals surface area (Å²) in [6, 6.07) is 4.74. The molecule has 1 aromatic rings. The van der Waals surface area contributed by atoms with Crippen LogP contribution in [0.4, 0.5) is 17.6 Å². The molecule has 1 aromatic carbocycles. The molecule has 2 N–H and O–H groups in total. The highest BCUT2D eigenvalue weighted by Gasteiger charge is 2.34. The Bertz CT molecular complexity index is 621. The number of aryl methyl sites for hydroxylation is 1. The molecule has 4 nitrogen and oxygen atoms in total. The van der Waals surface area contributed by atoms with Crippen molar-refractivity contribution in [3.8, 4) is 0 Å².